The maximum Gasteiger partial charge on any atom is 0.269 e. The normalized spacial score (nSPS) is 16.6. The van der Waals surface area contributed by atoms with Crippen LogP contribution in [-0.2, 0) is 28.8 Å². The van der Waals surface area contributed by atoms with Gasteiger partial charge in [0.25, 0.3) is 5.69 Å². The minimum absolute atomic E-state index is 0.0396. The van der Waals surface area contributed by atoms with Crippen LogP contribution in [0.25, 0.3) is 0 Å². The van der Waals surface area contributed by atoms with Crippen molar-refractivity contribution >= 4 is 46.8 Å². The molecule has 1 aromatic carbocycles. The average molecular weight is 618 g/mol. The van der Waals surface area contributed by atoms with Gasteiger partial charge in [0, 0.05) is 43.2 Å². The number of non-ortho nitro benzene ring substituents is 1. The van der Waals surface area contributed by atoms with Gasteiger partial charge in [0.15, 0.2) is 0 Å². The Morgan fingerprint density at radius 3 is 1.73 bits per heavy atom. The van der Waals surface area contributed by atoms with Gasteiger partial charge in [-0.3, -0.25) is 43.8 Å². The first-order valence-corrected chi connectivity index (χ1v) is 14.6. The molecule has 1 aromatic rings. The number of hydrogen-bond acceptors (Lipinski definition) is 9. The van der Waals surface area contributed by atoms with Crippen LogP contribution in [-0.4, -0.2) is 82.0 Å². The van der Waals surface area contributed by atoms with Crippen LogP contribution in [0.4, 0.5) is 11.4 Å². The minimum Gasteiger partial charge on any atom is -0.351 e. The van der Waals surface area contributed by atoms with Gasteiger partial charge in [-0.2, -0.15) is 0 Å². The van der Waals surface area contributed by atoms with E-state index >= 15 is 0 Å². The van der Waals surface area contributed by atoms with Gasteiger partial charge < -0.3 is 26.6 Å². The maximum atomic E-state index is 13.2. The number of rotatable bonds is 15. The molecule has 1 heterocycles. The fourth-order valence-electron chi connectivity index (χ4n) is 4.48. The lowest BCUT2D eigenvalue weighted by Crippen LogP contribution is -2.60. The summed E-state index contributed by atoms with van der Waals surface area (Å²) >= 11 is 0. The van der Waals surface area contributed by atoms with Crippen molar-refractivity contribution in [3.05, 3.63) is 34.4 Å². The fourth-order valence-corrected chi connectivity index (χ4v) is 4.48. The fraction of sp³-hybridized carbons (Fsp3) is 0.586. The first-order valence-electron chi connectivity index (χ1n) is 14.6. The molecule has 0 aromatic heterocycles. The standard InChI is InChI=1S/C29H43N7O8/c1-15(2)24(34-29(42)25(16(3)4)33-27(40)19(7)35-22(37)12-13-23(35)38)28(41)31-17(5)14-30-18(6)26(39)32-20-8-10-21(11-9-20)36(43)44/h8-11,15-19,24-25,30H,12-14H2,1-7H3,(H,31,41)(H,32,39)(H,33,40)(H,34,42)/t17-,18-,19-,24-,25-/m0/s1. The third-order valence-electron chi connectivity index (χ3n) is 7.21. The molecular weight excluding hydrogens is 574 g/mol. The molecule has 1 fully saturated rings. The Morgan fingerprint density at radius 1 is 0.773 bits per heavy atom. The van der Waals surface area contributed by atoms with Crippen LogP contribution in [0, 0.1) is 22.0 Å². The summed E-state index contributed by atoms with van der Waals surface area (Å²) in [4.78, 5) is 87.1. The highest BCUT2D eigenvalue weighted by Gasteiger charge is 2.38. The predicted octanol–water partition coefficient (Wildman–Crippen LogP) is 0.835. The quantitative estimate of drug-likeness (QED) is 0.107. The van der Waals surface area contributed by atoms with Gasteiger partial charge in [-0.05, 0) is 44.7 Å². The lowest BCUT2D eigenvalue weighted by atomic mass is 9.99. The monoisotopic (exact) mass is 617 g/mol. The van der Waals surface area contributed by atoms with E-state index in [4.69, 9.17) is 0 Å². The van der Waals surface area contributed by atoms with Gasteiger partial charge in [-0.25, -0.2) is 0 Å². The maximum absolute atomic E-state index is 13.2. The number of benzene rings is 1. The highest BCUT2D eigenvalue weighted by molar-refractivity contribution is 6.06. The Labute approximate surface area is 256 Å². The van der Waals surface area contributed by atoms with E-state index in [0.29, 0.717) is 5.69 Å². The van der Waals surface area contributed by atoms with Gasteiger partial charge in [-0.15, -0.1) is 0 Å². The molecule has 5 atom stereocenters. The Kier molecular flexibility index (Phi) is 12.9. The number of carbonyl (C=O) groups is 6. The van der Waals surface area contributed by atoms with Gasteiger partial charge in [0.2, 0.25) is 35.4 Å². The molecule has 0 saturated carbocycles. The van der Waals surface area contributed by atoms with Crippen molar-refractivity contribution in [3.8, 4) is 0 Å². The van der Waals surface area contributed by atoms with Crippen LogP contribution in [0.3, 0.4) is 0 Å². The summed E-state index contributed by atoms with van der Waals surface area (Å²) in [5.41, 5.74) is 0.302. The number of nitrogens with zero attached hydrogens (tertiary/aromatic N) is 2. The number of nitro benzene ring substituents is 1. The van der Waals surface area contributed by atoms with Gasteiger partial charge in [0.05, 0.1) is 11.0 Å². The summed E-state index contributed by atoms with van der Waals surface area (Å²) in [6.45, 7) is 12.0. The molecular formula is C29H43N7O8. The molecule has 2 rings (SSSR count). The molecule has 1 saturated heterocycles. The predicted molar refractivity (Wildman–Crippen MR) is 161 cm³/mol. The van der Waals surface area contributed by atoms with E-state index in [2.05, 4.69) is 26.6 Å². The zero-order valence-electron chi connectivity index (χ0n) is 26.1. The molecule has 1 aliphatic heterocycles. The largest absolute Gasteiger partial charge is 0.351 e. The molecule has 44 heavy (non-hydrogen) atoms. The molecule has 1 aliphatic rings. The molecule has 5 N–H and O–H groups in total. The van der Waals surface area contributed by atoms with Crippen LogP contribution in [0.5, 0.6) is 0 Å². The van der Waals surface area contributed by atoms with Gasteiger partial charge in [0.1, 0.15) is 18.1 Å². The zero-order chi connectivity index (χ0) is 33.3. The number of anilines is 1. The van der Waals surface area contributed by atoms with Crippen molar-refractivity contribution in [1.82, 2.24) is 26.2 Å². The Morgan fingerprint density at radius 2 is 1.25 bits per heavy atom. The SMILES string of the molecule is CC(C)[C@H](NC(=O)[C@@H](NC(=O)[C@H](C)N1C(=O)CCC1=O)C(C)C)C(=O)N[C@@H](C)CN[C@@H](C)C(=O)Nc1ccc([N+](=O)[O-])cc1. The summed E-state index contributed by atoms with van der Waals surface area (Å²) in [5.74, 6) is -3.64. The Bertz CT molecular complexity index is 1230. The van der Waals surface area contributed by atoms with E-state index in [1.165, 1.54) is 31.2 Å². The Balaban J connectivity index is 1.93. The second-order valence-corrected chi connectivity index (χ2v) is 11.6. The molecule has 0 aliphatic carbocycles. The van der Waals surface area contributed by atoms with Crippen molar-refractivity contribution < 1.29 is 33.7 Å². The molecule has 0 unspecified atom stereocenters. The molecule has 0 radical (unpaired) electrons. The molecule has 0 bridgehead atoms. The number of nitrogens with one attached hydrogen (secondary N) is 5. The van der Waals surface area contributed by atoms with E-state index in [9.17, 15) is 38.9 Å². The number of hydrogen-bond donors (Lipinski definition) is 5. The highest BCUT2D eigenvalue weighted by Crippen LogP contribution is 2.17. The summed E-state index contributed by atoms with van der Waals surface area (Å²) in [6, 6.07) is 1.28. The van der Waals surface area contributed by atoms with Crippen LogP contribution in [0.15, 0.2) is 24.3 Å². The lowest BCUT2D eigenvalue weighted by molar-refractivity contribution is -0.384. The van der Waals surface area contributed by atoms with E-state index < -0.39 is 64.7 Å². The van der Waals surface area contributed by atoms with Crippen LogP contribution in [0.1, 0.15) is 61.3 Å². The first-order chi connectivity index (χ1) is 20.5. The van der Waals surface area contributed by atoms with Gasteiger partial charge in [-0.1, -0.05) is 27.7 Å². The molecule has 15 heteroatoms. The summed E-state index contributed by atoms with van der Waals surface area (Å²) in [7, 11) is 0. The lowest BCUT2D eigenvalue weighted by Gasteiger charge is -2.29. The van der Waals surface area contributed by atoms with Gasteiger partial charge >= 0.3 is 0 Å². The molecule has 15 nitrogen and oxygen atoms in total. The number of carbonyl (C=O) groups excluding carboxylic acids is 6. The second-order valence-electron chi connectivity index (χ2n) is 11.6. The Hall–Kier alpha value is -4.40. The van der Waals surface area contributed by atoms with Crippen molar-refractivity contribution in [2.75, 3.05) is 11.9 Å². The average Bonchev–Trinajstić information content (AvgIpc) is 3.29. The van der Waals surface area contributed by atoms with Crippen LogP contribution < -0.4 is 26.6 Å². The van der Waals surface area contributed by atoms with Crippen LogP contribution in [0.2, 0.25) is 0 Å². The van der Waals surface area contributed by atoms with E-state index in [-0.39, 0.29) is 42.8 Å². The zero-order valence-corrected chi connectivity index (χ0v) is 26.1. The number of likely N-dealkylation sites (tertiary alicyclic amines) is 1. The van der Waals surface area contributed by atoms with Crippen LogP contribution >= 0.6 is 0 Å². The van der Waals surface area contributed by atoms with E-state index in [0.717, 1.165) is 4.90 Å². The topological polar surface area (TPSA) is 209 Å². The molecule has 0 spiro atoms. The molecule has 242 valence electrons. The van der Waals surface area contributed by atoms with Crippen molar-refractivity contribution in [1.29, 1.82) is 0 Å². The van der Waals surface area contributed by atoms with E-state index in [1.54, 1.807) is 41.5 Å². The first kappa shape index (κ1) is 35.8. The van der Waals surface area contributed by atoms with Crippen molar-refractivity contribution in [2.24, 2.45) is 11.8 Å². The smallest absolute Gasteiger partial charge is 0.269 e. The van der Waals surface area contributed by atoms with Crippen molar-refractivity contribution in [2.45, 2.75) is 91.5 Å². The number of imide groups is 1. The summed E-state index contributed by atoms with van der Waals surface area (Å²) < 4.78 is 0. The minimum atomic E-state index is -1.08. The van der Waals surface area contributed by atoms with E-state index in [1.807, 2.05) is 0 Å². The molecule has 6 amide bonds. The van der Waals surface area contributed by atoms with Crippen molar-refractivity contribution in [3.63, 3.8) is 0 Å². The number of amides is 6. The third-order valence-corrected chi connectivity index (χ3v) is 7.21. The summed E-state index contributed by atoms with van der Waals surface area (Å²) in [6.07, 6.45) is 0.0793. The second kappa shape index (κ2) is 15.9. The third kappa shape index (κ3) is 9.82. The highest BCUT2D eigenvalue weighted by atomic mass is 16.6. The number of nitro groups is 1. The summed E-state index contributed by atoms with van der Waals surface area (Å²) in [5, 5.41) is 24.6.